The van der Waals surface area contributed by atoms with Gasteiger partial charge in [0.2, 0.25) is 10.0 Å². The Labute approximate surface area is 134 Å². The molecular formula is C15H19FN2O2S2. The van der Waals surface area contributed by atoms with Crippen molar-refractivity contribution in [3.8, 4) is 0 Å². The zero-order chi connectivity index (χ0) is 16.3. The highest BCUT2D eigenvalue weighted by atomic mass is 32.2. The van der Waals surface area contributed by atoms with Crippen LogP contribution in [0.5, 0.6) is 0 Å². The van der Waals surface area contributed by atoms with Crippen LogP contribution in [0.3, 0.4) is 0 Å². The van der Waals surface area contributed by atoms with E-state index in [0.717, 1.165) is 11.6 Å². The minimum absolute atomic E-state index is 0.0570. The van der Waals surface area contributed by atoms with Gasteiger partial charge in [-0.1, -0.05) is 6.07 Å². The number of nitrogens with zero attached hydrogens (tertiary/aromatic N) is 1. The maximum Gasteiger partial charge on any atom is 0.240 e. The van der Waals surface area contributed by atoms with Gasteiger partial charge < -0.3 is 4.90 Å². The minimum atomic E-state index is -3.73. The molecule has 0 bridgehead atoms. The molecule has 1 aromatic heterocycles. The van der Waals surface area contributed by atoms with E-state index in [-0.39, 0.29) is 17.5 Å². The molecule has 0 amide bonds. The van der Waals surface area contributed by atoms with Crippen LogP contribution < -0.4 is 4.72 Å². The molecule has 4 nitrogen and oxygen atoms in total. The first-order valence-electron chi connectivity index (χ1n) is 6.75. The van der Waals surface area contributed by atoms with E-state index in [9.17, 15) is 12.8 Å². The summed E-state index contributed by atoms with van der Waals surface area (Å²) in [5.41, 5.74) is 1.47. The lowest BCUT2D eigenvalue weighted by atomic mass is 10.1. The number of benzene rings is 1. The SMILES string of the molecule is Cc1ccc(S(=O)(=O)NC[C@@H](c2ccsc2)N(C)C)cc1F. The summed E-state index contributed by atoms with van der Waals surface area (Å²) in [4.78, 5) is 1.89. The van der Waals surface area contributed by atoms with Crippen LogP contribution in [0.1, 0.15) is 17.2 Å². The van der Waals surface area contributed by atoms with Gasteiger partial charge in [0, 0.05) is 12.6 Å². The Balaban J connectivity index is 2.16. The van der Waals surface area contributed by atoms with Gasteiger partial charge in [-0.2, -0.15) is 11.3 Å². The van der Waals surface area contributed by atoms with E-state index in [1.807, 2.05) is 35.8 Å². The third-order valence-corrected chi connectivity index (χ3v) is 5.59. The lowest BCUT2D eigenvalue weighted by Gasteiger charge is -2.24. The van der Waals surface area contributed by atoms with Crippen molar-refractivity contribution < 1.29 is 12.8 Å². The third kappa shape index (κ3) is 3.92. The number of halogens is 1. The van der Waals surface area contributed by atoms with E-state index in [0.29, 0.717) is 5.56 Å². The van der Waals surface area contributed by atoms with E-state index in [2.05, 4.69) is 4.72 Å². The van der Waals surface area contributed by atoms with Crippen LogP contribution in [0, 0.1) is 12.7 Å². The average Bonchev–Trinajstić information content (AvgIpc) is 2.95. The summed E-state index contributed by atoms with van der Waals surface area (Å²) in [5, 5.41) is 3.94. The summed E-state index contributed by atoms with van der Waals surface area (Å²) >= 11 is 1.57. The van der Waals surface area contributed by atoms with Gasteiger partial charge in [0.1, 0.15) is 5.82 Å². The zero-order valence-electron chi connectivity index (χ0n) is 12.7. The molecule has 0 aliphatic rings. The molecule has 120 valence electrons. The number of thiophene rings is 1. The van der Waals surface area contributed by atoms with Gasteiger partial charge in [0.25, 0.3) is 0 Å². The first kappa shape index (κ1) is 17.1. The van der Waals surface area contributed by atoms with Crippen LogP contribution >= 0.6 is 11.3 Å². The highest BCUT2D eigenvalue weighted by molar-refractivity contribution is 7.89. The van der Waals surface area contributed by atoms with Crippen molar-refractivity contribution in [2.75, 3.05) is 20.6 Å². The summed E-state index contributed by atoms with van der Waals surface area (Å²) in [7, 11) is 0.0496. The van der Waals surface area contributed by atoms with Gasteiger partial charge in [-0.15, -0.1) is 0 Å². The Kier molecular flexibility index (Phi) is 5.33. The maximum absolute atomic E-state index is 13.6. The number of aryl methyl sites for hydroxylation is 1. The van der Waals surface area contributed by atoms with Crippen molar-refractivity contribution in [3.05, 3.63) is 52.0 Å². The van der Waals surface area contributed by atoms with E-state index in [1.165, 1.54) is 12.1 Å². The van der Waals surface area contributed by atoms with Crippen molar-refractivity contribution >= 4 is 21.4 Å². The third-order valence-electron chi connectivity index (χ3n) is 3.47. The van der Waals surface area contributed by atoms with E-state index in [1.54, 1.807) is 18.3 Å². The number of likely N-dealkylation sites (N-methyl/N-ethyl adjacent to an activating group) is 1. The standard InChI is InChI=1S/C15H19FN2O2S2/c1-11-4-5-13(8-14(11)16)22(19,20)17-9-15(18(2)3)12-6-7-21-10-12/h4-8,10,15,17H,9H2,1-3H3/t15-/m0/s1. The molecule has 1 aromatic carbocycles. The lowest BCUT2D eigenvalue weighted by molar-refractivity contribution is 0.300. The molecule has 1 atom stereocenters. The van der Waals surface area contributed by atoms with Crippen molar-refractivity contribution in [1.82, 2.24) is 9.62 Å². The Morgan fingerprint density at radius 3 is 2.59 bits per heavy atom. The molecule has 0 fully saturated rings. The second kappa shape index (κ2) is 6.87. The maximum atomic E-state index is 13.6. The highest BCUT2D eigenvalue weighted by Crippen LogP contribution is 2.21. The van der Waals surface area contributed by atoms with Crippen LogP contribution in [-0.4, -0.2) is 34.0 Å². The van der Waals surface area contributed by atoms with Crippen molar-refractivity contribution in [3.63, 3.8) is 0 Å². The zero-order valence-corrected chi connectivity index (χ0v) is 14.3. The fraction of sp³-hybridized carbons (Fsp3) is 0.333. The quantitative estimate of drug-likeness (QED) is 0.878. The van der Waals surface area contributed by atoms with E-state index < -0.39 is 15.8 Å². The second-order valence-corrected chi connectivity index (χ2v) is 7.85. The monoisotopic (exact) mass is 342 g/mol. The van der Waals surface area contributed by atoms with Crippen molar-refractivity contribution in [2.45, 2.75) is 17.9 Å². The summed E-state index contributed by atoms with van der Waals surface area (Å²) in [6, 6.07) is 5.82. The lowest BCUT2D eigenvalue weighted by Crippen LogP contribution is -2.34. The number of hydrogen-bond donors (Lipinski definition) is 1. The Morgan fingerprint density at radius 1 is 1.32 bits per heavy atom. The number of rotatable bonds is 6. The van der Waals surface area contributed by atoms with Gasteiger partial charge >= 0.3 is 0 Å². The molecule has 1 N–H and O–H groups in total. The van der Waals surface area contributed by atoms with Gasteiger partial charge in [-0.25, -0.2) is 17.5 Å². The average molecular weight is 342 g/mol. The van der Waals surface area contributed by atoms with Crippen LogP contribution in [0.2, 0.25) is 0 Å². The van der Waals surface area contributed by atoms with Gasteiger partial charge in [-0.3, -0.25) is 0 Å². The Morgan fingerprint density at radius 2 is 2.05 bits per heavy atom. The predicted molar refractivity (Wildman–Crippen MR) is 87.1 cm³/mol. The number of hydrogen-bond acceptors (Lipinski definition) is 4. The number of nitrogens with one attached hydrogen (secondary N) is 1. The van der Waals surface area contributed by atoms with Crippen LogP contribution in [0.25, 0.3) is 0 Å². The molecule has 0 spiro atoms. The smallest absolute Gasteiger partial charge is 0.240 e. The summed E-state index contributed by atoms with van der Waals surface area (Å²) in [5.74, 6) is -0.523. The molecule has 7 heteroatoms. The minimum Gasteiger partial charge on any atom is -0.301 e. The second-order valence-electron chi connectivity index (χ2n) is 5.30. The van der Waals surface area contributed by atoms with Gasteiger partial charge in [0.15, 0.2) is 0 Å². The molecule has 0 aliphatic carbocycles. The molecule has 0 saturated heterocycles. The molecule has 0 unspecified atom stereocenters. The van der Waals surface area contributed by atoms with Gasteiger partial charge in [0.05, 0.1) is 4.90 Å². The predicted octanol–water partition coefficient (Wildman–Crippen LogP) is 2.78. The molecule has 1 heterocycles. The highest BCUT2D eigenvalue weighted by Gasteiger charge is 2.20. The summed E-state index contributed by atoms with van der Waals surface area (Å²) < 4.78 is 40.7. The molecule has 0 saturated carbocycles. The van der Waals surface area contributed by atoms with E-state index in [4.69, 9.17) is 0 Å². The van der Waals surface area contributed by atoms with Crippen molar-refractivity contribution in [1.29, 1.82) is 0 Å². The first-order valence-corrected chi connectivity index (χ1v) is 9.18. The Hall–Kier alpha value is -1.28. The van der Waals surface area contributed by atoms with E-state index >= 15 is 0 Å². The molecule has 22 heavy (non-hydrogen) atoms. The normalized spacial score (nSPS) is 13.5. The number of sulfonamides is 1. The Bertz CT molecular complexity index is 728. The molecule has 0 aliphatic heterocycles. The topological polar surface area (TPSA) is 49.4 Å². The van der Waals surface area contributed by atoms with Crippen LogP contribution in [0.15, 0.2) is 39.9 Å². The summed E-state index contributed by atoms with van der Waals surface area (Å²) in [6.45, 7) is 1.82. The van der Waals surface area contributed by atoms with Crippen molar-refractivity contribution in [2.24, 2.45) is 0 Å². The fourth-order valence-corrected chi connectivity index (χ4v) is 3.83. The summed E-state index contributed by atoms with van der Waals surface area (Å²) in [6.07, 6.45) is 0. The fourth-order valence-electron chi connectivity index (χ4n) is 2.08. The van der Waals surface area contributed by atoms with Crippen LogP contribution in [0.4, 0.5) is 4.39 Å². The molecule has 2 rings (SSSR count). The van der Waals surface area contributed by atoms with Gasteiger partial charge in [-0.05, 0) is 61.1 Å². The van der Waals surface area contributed by atoms with Crippen LogP contribution in [-0.2, 0) is 10.0 Å². The largest absolute Gasteiger partial charge is 0.301 e. The molecule has 2 aromatic rings. The molecule has 0 radical (unpaired) electrons. The first-order chi connectivity index (χ1) is 10.3. The molecular weight excluding hydrogens is 323 g/mol.